The lowest BCUT2D eigenvalue weighted by Crippen LogP contribution is -2.37. The third-order valence-corrected chi connectivity index (χ3v) is 7.16. The first-order valence-corrected chi connectivity index (χ1v) is 11.9. The molecule has 1 aliphatic heterocycles. The van der Waals surface area contributed by atoms with Gasteiger partial charge >= 0.3 is 12.0 Å². The number of nitrogens with zero attached hydrogens (tertiary/aromatic N) is 3. The van der Waals surface area contributed by atoms with Gasteiger partial charge in [0.25, 0.3) is 0 Å². The predicted octanol–water partition coefficient (Wildman–Crippen LogP) is 5.84. The number of fused-ring (bicyclic) bond motifs is 2. The van der Waals surface area contributed by atoms with Gasteiger partial charge in [0.05, 0.1) is 17.1 Å². The molecule has 0 saturated heterocycles. The molecule has 3 heterocycles. The minimum atomic E-state index is -1.38. The van der Waals surface area contributed by atoms with Gasteiger partial charge in [-0.25, -0.2) is 14.8 Å². The molecule has 178 valence electrons. The highest BCUT2D eigenvalue weighted by Crippen LogP contribution is 2.53. The van der Waals surface area contributed by atoms with Gasteiger partial charge < -0.3 is 20.4 Å². The SMILES string of the molecule is CC1(C(=O)O)CN(c2ccccc2NC(=O)Nc2nc3ccc(Cl)nc3s2)c2c(O)ccc(Cl)c21. The topological polar surface area (TPSA) is 128 Å². The quantitative estimate of drug-likeness (QED) is 0.244. The second kappa shape index (κ2) is 8.56. The number of hydrogen-bond donors (Lipinski definition) is 4. The van der Waals surface area contributed by atoms with Gasteiger partial charge in [-0.3, -0.25) is 10.1 Å². The number of carbonyl (C=O) groups excluding carboxylic acids is 1. The summed E-state index contributed by atoms with van der Waals surface area (Å²) in [6, 6.07) is 12.5. The Morgan fingerprint density at radius 1 is 1.09 bits per heavy atom. The van der Waals surface area contributed by atoms with Gasteiger partial charge in [-0.05, 0) is 43.3 Å². The molecule has 4 N–H and O–H groups in total. The van der Waals surface area contributed by atoms with Crippen LogP contribution in [0.15, 0.2) is 48.5 Å². The van der Waals surface area contributed by atoms with Crippen LogP contribution < -0.4 is 15.5 Å². The minimum Gasteiger partial charge on any atom is -0.506 e. The maximum Gasteiger partial charge on any atom is 0.325 e. The molecule has 2 aromatic carbocycles. The van der Waals surface area contributed by atoms with E-state index < -0.39 is 17.4 Å². The first kappa shape index (κ1) is 23.2. The largest absolute Gasteiger partial charge is 0.506 e. The van der Waals surface area contributed by atoms with Crippen molar-refractivity contribution in [2.75, 3.05) is 22.1 Å². The van der Waals surface area contributed by atoms with E-state index in [2.05, 4.69) is 20.6 Å². The molecule has 0 saturated carbocycles. The Balaban J connectivity index is 1.47. The van der Waals surface area contributed by atoms with Gasteiger partial charge in [0.2, 0.25) is 0 Å². The van der Waals surface area contributed by atoms with Crippen LogP contribution in [-0.2, 0) is 10.2 Å². The fraction of sp³-hybridized carbons (Fsp3) is 0.130. The summed E-state index contributed by atoms with van der Waals surface area (Å²) in [6.45, 7) is 1.55. The third-order valence-electron chi connectivity index (χ3n) is 5.76. The first-order valence-electron chi connectivity index (χ1n) is 10.3. The summed E-state index contributed by atoms with van der Waals surface area (Å²) in [5.74, 6) is -1.20. The van der Waals surface area contributed by atoms with E-state index in [0.29, 0.717) is 37.6 Å². The van der Waals surface area contributed by atoms with Crippen molar-refractivity contribution in [3.63, 3.8) is 0 Å². The number of carboxylic acid groups (broad SMARTS) is 1. The van der Waals surface area contributed by atoms with Crippen molar-refractivity contribution in [2.45, 2.75) is 12.3 Å². The highest BCUT2D eigenvalue weighted by Gasteiger charge is 2.48. The number of anilines is 4. The van der Waals surface area contributed by atoms with Crippen molar-refractivity contribution < 1.29 is 19.8 Å². The van der Waals surface area contributed by atoms with Crippen LogP contribution in [0.5, 0.6) is 5.75 Å². The van der Waals surface area contributed by atoms with Crippen molar-refractivity contribution >= 4 is 79.1 Å². The standard InChI is InChI=1S/C23H17Cl2N5O4S/c1-23(20(32)33)10-30(18-15(31)8-6-11(24)17(18)23)14-5-3-2-4-12(14)26-21(34)29-22-27-13-7-9-16(25)28-19(13)35-22/h2-9,31H,10H2,1H3,(H,32,33)(H2,26,27,29,34). The lowest BCUT2D eigenvalue weighted by Gasteiger charge is -2.25. The van der Waals surface area contributed by atoms with E-state index in [-0.39, 0.29) is 23.0 Å². The Bertz CT molecular complexity index is 1510. The number of urea groups is 1. The van der Waals surface area contributed by atoms with E-state index in [9.17, 15) is 19.8 Å². The second-order valence-electron chi connectivity index (χ2n) is 8.09. The van der Waals surface area contributed by atoms with Crippen LogP contribution in [0.1, 0.15) is 12.5 Å². The van der Waals surface area contributed by atoms with E-state index in [4.69, 9.17) is 23.2 Å². The molecule has 0 spiro atoms. The molecule has 0 radical (unpaired) electrons. The van der Waals surface area contributed by atoms with Gasteiger partial charge in [-0.1, -0.05) is 46.7 Å². The zero-order valence-electron chi connectivity index (χ0n) is 18.0. The average Bonchev–Trinajstić information content (AvgIpc) is 3.35. The first-order chi connectivity index (χ1) is 16.7. The number of carboxylic acids is 1. The Kier molecular flexibility index (Phi) is 5.66. The third kappa shape index (κ3) is 3.99. The number of halogens is 2. The number of thiazole rings is 1. The number of aromatic nitrogens is 2. The van der Waals surface area contributed by atoms with Crippen molar-refractivity contribution in [3.05, 3.63) is 64.3 Å². The summed E-state index contributed by atoms with van der Waals surface area (Å²) >= 11 is 13.5. The van der Waals surface area contributed by atoms with Gasteiger partial charge in [0.1, 0.15) is 26.7 Å². The highest BCUT2D eigenvalue weighted by atomic mass is 35.5. The van der Waals surface area contributed by atoms with Crippen LogP contribution >= 0.6 is 34.5 Å². The normalized spacial score (nSPS) is 16.8. The molecular formula is C23H17Cl2N5O4S. The molecule has 0 bridgehead atoms. The van der Waals surface area contributed by atoms with Gasteiger partial charge in [0, 0.05) is 17.1 Å². The Hall–Kier alpha value is -3.60. The van der Waals surface area contributed by atoms with Crippen LogP contribution in [0.25, 0.3) is 10.3 Å². The van der Waals surface area contributed by atoms with Crippen LogP contribution in [0.4, 0.5) is 27.0 Å². The molecule has 1 unspecified atom stereocenters. The maximum atomic E-state index is 12.8. The second-order valence-corrected chi connectivity index (χ2v) is 9.86. The number of amides is 2. The van der Waals surface area contributed by atoms with Crippen LogP contribution in [-0.4, -0.2) is 38.7 Å². The number of aromatic hydroxyl groups is 1. The number of para-hydroxylation sites is 2. The van der Waals surface area contributed by atoms with Crippen molar-refractivity contribution in [1.29, 1.82) is 0 Å². The number of nitrogens with one attached hydrogen (secondary N) is 2. The fourth-order valence-electron chi connectivity index (χ4n) is 4.12. The molecule has 1 atom stereocenters. The molecule has 5 rings (SSSR count). The summed E-state index contributed by atoms with van der Waals surface area (Å²) in [7, 11) is 0. The molecule has 12 heteroatoms. The van der Waals surface area contributed by atoms with Gasteiger partial charge in [0.15, 0.2) is 5.13 Å². The zero-order chi connectivity index (χ0) is 24.9. The van der Waals surface area contributed by atoms with Gasteiger partial charge in [-0.15, -0.1) is 0 Å². The van der Waals surface area contributed by atoms with E-state index in [1.165, 1.54) is 23.5 Å². The Morgan fingerprint density at radius 3 is 2.63 bits per heavy atom. The molecule has 2 amide bonds. The maximum absolute atomic E-state index is 12.8. The summed E-state index contributed by atoms with van der Waals surface area (Å²) in [4.78, 5) is 35.8. The van der Waals surface area contributed by atoms with E-state index >= 15 is 0 Å². The molecule has 35 heavy (non-hydrogen) atoms. The van der Waals surface area contributed by atoms with E-state index in [0.717, 1.165) is 0 Å². The molecule has 0 fully saturated rings. The Morgan fingerprint density at radius 2 is 1.86 bits per heavy atom. The number of phenols is 1. The number of phenolic OH excluding ortho intramolecular Hbond substituents is 1. The number of benzene rings is 2. The molecular weight excluding hydrogens is 513 g/mol. The monoisotopic (exact) mass is 529 g/mol. The number of hydrogen-bond acceptors (Lipinski definition) is 7. The predicted molar refractivity (Wildman–Crippen MR) is 137 cm³/mol. The average molecular weight is 530 g/mol. The minimum absolute atomic E-state index is 0.000426. The molecule has 2 aromatic heterocycles. The fourth-order valence-corrected chi connectivity index (χ4v) is 5.51. The molecule has 1 aliphatic rings. The number of pyridine rings is 1. The lowest BCUT2D eigenvalue weighted by molar-refractivity contribution is -0.142. The summed E-state index contributed by atoms with van der Waals surface area (Å²) < 4.78 is 0. The number of rotatable bonds is 4. The van der Waals surface area contributed by atoms with Gasteiger partial charge in [-0.2, -0.15) is 0 Å². The van der Waals surface area contributed by atoms with Crippen molar-refractivity contribution in [3.8, 4) is 5.75 Å². The summed E-state index contributed by atoms with van der Waals surface area (Å²) in [5.41, 5.74) is 0.703. The highest BCUT2D eigenvalue weighted by molar-refractivity contribution is 7.22. The van der Waals surface area contributed by atoms with Crippen LogP contribution in [0.2, 0.25) is 10.2 Å². The van der Waals surface area contributed by atoms with E-state index in [1.54, 1.807) is 48.2 Å². The lowest BCUT2D eigenvalue weighted by atomic mass is 9.84. The Labute approximate surface area is 213 Å². The molecule has 4 aromatic rings. The van der Waals surface area contributed by atoms with Crippen molar-refractivity contribution in [2.24, 2.45) is 0 Å². The molecule has 9 nitrogen and oxygen atoms in total. The zero-order valence-corrected chi connectivity index (χ0v) is 20.4. The smallest absolute Gasteiger partial charge is 0.325 e. The summed E-state index contributed by atoms with van der Waals surface area (Å²) in [5, 5.41) is 27.0. The van der Waals surface area contributed by atoms with Crippen LogP contribution in [0, 0.1) is 0 Å². The van der Waals surface area contributed by atoms with Crippen LogP contribution in [0.3, 0.4) is 0 Å². The summed E-state index contributed by atoms with van der Waals surface area (Å²) in [6.07, 6.45) is 0. The van der Waals surface area contributed by atoms with Crippen molar-refractivity contribution in [1.82, 2.24) is 9.97 Å². The number of carbonyl (C=O) groups is 2. The molecule has 0 aliphatic carbocycles. The number of aliphatic carboxylic acids is 1. The van der Waals surface area contributed by atoms with E-state index in [1.807, 2.05) is 0 Å².